The topological polar surface area (TPSA) is 83.6 Å². The first kappa shape index (κ1) is 33.7. The van der Waals surface area contributed by atoms with Crippen molar-refractivity contribution in [3.63, 3.8) is 0 Å². The van der Waals surface area contributed by atoms with Crippen LogP contribution in [-0.4, -0.2) is 54.1 Å². The lowest BCUT2D eigenvalue weighted by molar-refractivity contribution is -0.122. The summed E-state index contributed by atoms with van der Waals surface area (Å²) in [5, 5.41) is 6.06. The van der Waals surface area contributed by atoms with Crippen LogP contribution < -0.4 is 15.4 Å². The number of piperidine rings is 1. The highest BCUT2D eigenvalue weighted by Gasteiger charge is 2.23. The predicted octanol–water partition coefficient (Wildman–Crippen LogP) is 6.33. The van der Waals surface area contributed by atoms with E-state index in [2.05, 4.69) is 58.5 Å². The van der Waals surface area contributed by atoms with Gasteiger partial charge in [-0.2, -0.15) is 0 Å². The number of carbonyl (C=O) groups is 2. The number of pyridine rings is 1. The van der Waals surface area contributed by atoms with E-state index in [1.807, 2.05) is 55.6 Å². The summed E-state index contributed by atoms with van der Waals surface area (Å²) >= 11 is 0. The molecule has 1 unspecified atom stereocenters. The minimum absolute atomic E-state index is 0.0204. The van der Waals surface area contributed by atoms with Crippen molar-refractivity contribution >= 4 is 12.0 Å². The molecule has 2 heterocycles. The summed E-state index contributed by atoms with van der Waals surface area (Å²) in [5.74, 6) is 0.721. The first-order valence-corrected chi connectivity index (χ1v) is 14.3. The maximum Gasteiger partial charge on any atom is 0.412 e. The van der Waals surface area contributed by atoms with Gasteiger partial charge >= 0.3 is 6.09 Å². The van der Waals surface area contributed by atoms with E-state index in [9.17, 15) is 9.59 Å². The molecule has 1 fully saturated rings. The molecule has 0 spiro atoms. The van der Waals surface area contributed by atoms with Crippen molar-refractivity contribution in [1.29, 1.82) is 0 Å². The Bertz CT molecular complexity index is 1190. The minimum Gasteiger partial charge on any atom is -0.410 e. The van der Waals surface area contributed by atoms with Gasteiger partial charge in [-0.05, 0) is 55.5 Å². The summed E-state index contributed by atoms with van der Waals surface area (Å²) in [6.07, 6.45) is 10.6. The van der Waals surface area contributed by atoms with Crippen LogP contribution in [0.4, 0.5) is 4.79 Å². The molecule has 0 saturated carbocycles. The van der Waals surface area contributed by atoms with E-state index in [1.165, 1.54) is 5.56 Å². The Hall–Kier alpha value is -4.49. The second kappa shape index (κ2) is 20.4. The van der Waals surface area contributed by atoms with Gasteiger partial charge in [0.2, 0.25) is 5.91 Å². The van der Waals surface area contributed by atoms with Gasteiger partial charge < -0.3 is 15.4 Å². The van der Waals surface area contributed by atoms with Crippen LogP contribution in [0.2, 0.25) is 0 Å². The molecule has 42 heavy (non-hydrogen) atoms. The fourth-order valence-electron chi connectivity index (χ4n) is 4.36. The molecule has 3 aromatic rings. The number of ether oxygens (including phenoxy) is 1. The van der Waals surface area contributed by atoms with Gasteiger partial charge in [0.25, 0.3) is 0 Å². The van der Waals surface area contributed by atoms with Crippen LogP contribution in [-0.2, 0) is 11.2 Å². The second-order valence-corrected chi connectivity index (χ2v) is 9.75. The number of nitrogens with one attached hydrogen (secondary N) is 2. The minimum atomic E-state index is -0.437. The number of carbonyl (C=O) groups excluding carboxylic acids is 2. The molecule has 1 aliphatic heterocycles. The molecule has 222 valence electrons. The Balaban J connectivity index is 0.000000797. The molecule has 1 aromatic heterocycles. The van der Waals surface area contributed by atoms with Gasteiger partial charge in [0.1, 0.15) is 5.75 Å². The Kier molecular flexibility index (Phi) is 16.4. The Morgan fingerprint density at radius 3 is 2.17 bits per heavy atom. The highest BCUT2D eigenvalue weighted by atomic mass is 16.6. The number of likely N-dealkylation sites (tertiary alicyclic amines) is 1. The standard InChI is InChI=1S/C28H32N4O3.C4H6.C3H6/c33-27(30-20-24(23-9-3-1-4-10-23)18-22-8-7-15-29-19-22)21-32-16-13-25(14-17-32)31-28(34)35-26-11-5-2-6-12-26;1-3-4-2;1-3-2/h1-12,15,19,24-25H,13-14,16-18,20-21H2,(H,30,33)(H,31,34);3-4H,1-2H2;3H,1H2,2H3. The van der Waals surface area contributed by atoms with E-state index in [-0.39, 0.29) is 17.9 Å². The van der Waals surface area contributed by atoms with E-state index in [0.717, 1.165) is 37.9 Å². The number of rotatable bonds is 10. The molecule has 0 radical (unpaired) electrons. The van der Waals surface area contributed by atoms with E-state index in [1.54, 1.807) is 36.6 Å². The van der Waals surface area contributed by atoms with E-state index in [0.29, 0.717) is 18.8 Å². The lowest BCUT2D eigenvalue weighted by atomic mass is 9.92. The van der Waals surface area contributed by atoms with Crippen molar-refractivity contribution in [2.75, 3.05) is 26.2 Å². The van der Waals surface area contributed by atoms with Gasteiger partial charge in [-0.1, -0.05) is 86.0 Å². The smallest absolute Gasteiger partial charge is 0.410 e. The largest absolute Gasteiger partial charge is 0.412 e. The van der Waals surface area contributed by atoms with Crippen LogP contribution in [0.3, 0.4) is 0 Å². The summed E-state index contributed by atoms with van der Waals surface area (Å²) in [6, 6.07) is 23.4. The number of hydrogen-bond acceptors (Lipinski definition) is 5. The molecule has 1 aliphatic rings. The molecule has 4 rings (SSSR count). The number of hydrogen-bond donors (Lipinski definition) is 2. The molecule has 2 amide bonds. The summed E-state index contributed by atoms with van der Waals surface area (Å²) < 4.78 is 5.31. The quantitative estimate of drug-likeness (QED) is 0.221. The van der Waals surface area contributed by atoms with Crippen molar-refractivity contribution in [3.05, 3.63) is 134 Å². The number of allylic oxidation sites excluding steroid dienone is 3. The third-order valence-electron chi connectivity index (χ3n) is 6.42. The van der Waals surface area contributed by atoms with Crippen LogP contribution in [0, 0.1) is 0 Å². The highest BCUT2D eigenvalue weighted by Crippen LogP contribution is 2.20. The Labute approximate surface area is 251 Å². The molecular formula is C35H44N4O3. The number of nitrogens with zero attached hydrogens (tertiary/aromatic N) is 2. The maximum atomic E-state index is 12.7. The van der Waals surface area contributed by atoms with Crippen molar-refractivity contribution in [2.45, 2.75) is 38.1 Å². The fourth-order valence-corrected chi connectivity index (χ4v) is 4.36. The van der Waals surface area contributed by atoms with E-state index < -0.39 is 6.09 Å². The normalized spacial score (nSPS) is 13.5. The lowest BCUT2D eigenvalue weighted by Crippen LogP contribution is -2.48. The number of amides is 2. The zero-order chi connectivity index (χ0) is 30.4. The zero-order valence-electron chi connectivity index (χ0n) is 24.7. The first-order valence-electron chi connectivity index (χ1n) is 14.3. The van der Waals surface area contributed by atoms with Crippen molar-refractivity contribution in [1.82, 2.24) is 20.5 Å². The fraction of sp³-hybridized carbons (Fsp3) is 0.286. The molecule has 1 saturated heterocycles. The molecule has 2 aromatic carbocycles. The number of aromatic nitrogens is 1. The molecule has 0 aliphatic carbocycles. The zero-order valence-corrected chi connectivity index (χ0v) is 24.7. The first-order chi connectivity index (χ1) is 20.5. The van der Waals surface area contributed by atoms with Crippen LogP contribution in [0.25, 0.3) is 0 Å². The van der Waals surface area contributed by atoms with Gasteiger partial charge in [-0.15, -0.1) is 6.58 Å². The summed E-state index contributed by atoms with van der Waals surface area (Å²) in [7, 11) is 0. The Morgan fingerprint density at radius 1 is 0.976 bits per heavy atom. The van der Waals surface area contributed by atoms with Crippen LogP contribution in [0.15, 0.2) is 123 Å². The monoisotopic (exact) mass is 568 g/mol. The number of benzene rings is 2. The average Bonchev–Trinajstić information content (AvgIpc) is 3.02. The van der Waals surface area contributed by atoms with Crippen LogP contribution >= 0.6 is 0 Å². The molecule has 1 atom stereocenters. The summed E-state index contributed by atoms with van der Waals surface area (Å²) in [6.45, 7) is 14.4. The van der Waals surface area contributed by atoms with Crippen molar-refractivity contribution in [2.24, 2.45) is 0 Å². The molecule has 2 N–H and O–H groups in total. The van der Waals surface area contributed by atoms with Gasteiger partial charge in [-0.3, -0.25) is 14.7 Å². The Morgan fingerprint density at radius 2 is 1.60 bits per heavy atom. The molecule has 7 nitrogen and oxygen atoms in total. The van der Waals surface area contributed by atoms with Crippen LogP contribution in [0.5, 0.6) is 5.75 Å². The van der Waals surface area contributed by atoms with Crippen molar-refractivity contribution < 1.29 is 14.3 Å². The van der Waals surface area contributed by atoms with Gasteiger partial charge in [0, 0.05) is 44.0 Å². The third kappa shape index (κ3) is 13.7. The highest BCUT2D eigenvalue weighted by molar-refractivity contribution is 5.78. The van der Waals surface area contributed by atoms with Gasteiger partial charge in [0.15, 0.2) is 0 Å². The predicted molar refractivity (Wildman–Crippen MR) is 171 cm³/mol. The molecule has 0 bridgehead atoms. The lowest BCUT2D eigenvalue weighted by Gasteiger charge is -2.31. The number of para-hydroxylation sites is 1. The molecular weight excluding hydrogens is 524 g/mol. The van der Waals surface area contributed by atoms with Gasteiger partial charge in [-0.25, -0.2) is 4.79 Å². The third-order valence-corrected chi connectivity index (χ3v) is 6.42. The summed E-state index contributed by atoms with van der Waals surface area (Å²) in [5.41, 5.74) is 2.35. The van der Waals surface area contributed by atoms with Crippen molar-refractivity contribution in [3.8, 4) is 5.75 Å². The SMILES string of the molecule is C=CC.C=CC=C.O=C(CN1CCC(NC(=O)Oc2ccccc2)CC1)NCC(Cc1cccnc1)c1ccccc1. The average molecular weight is 569 g/mol. The maximum absolute atomic E-state index is 12.7. The van der Waals surface area contributed by atoms with Crippen LogP contribution in [0.1, 0.15) is 36.8 Å². The van der Waals surface area contributed by atoms with E-state index in [4.69, 9.17) is 4.74 Å². The molecule has 7 heteroatoms. The second-order valence-electron chi connectivity index (χ2n) is 9.75. The van der Waals surface area contributed by atoms with Gasteiger partial charge in [0.05, 0.1) is 6.54 Å². The van der Waals surface area contributed by atoms with E-state index >= 15 is 0 Å². The summed E-state index contributed by atoms with van der Waals surface area (Å²) in [4.78, 5) is 31.2.